The van der Waals surface area contributed by atoms with Gasteiger partial charge in [0, 0.05) is 32.7 Å². The lowest BCUT2D eigenvalue weighted by atomic mass is 10.1. The number of halogens is 1. The zero-order valence-corrected chi connectivity index (χ0v) is 16.5. The number of nitrogens with zero attached hydrogens (tertiary/aromatic N) is 2. The van der Waals surface area contributed by atoms with Gasteiger partial charge in [0.25, 0.3) is 0 Å². The molecule has 0 amide bonds. The lowest BCUT2D eigenvalue weighted by Gasteiger charge is -2.34. The first-order chi connectivity index (χ1) is 12.9. The molecule has 1 aliphatic heterocycles. The van der Waals surface area contributed by atoms with Crippen molar-refractivity contribution in [1.29, 1.82) is 0 Å². The van der Waals surface area contributed by atoms with Crippen LogP contribution in [-0.4, -0.2) is 50.9 Å². The third-order valence-corrected chi connectivity index (χ3v) is 6.70. The van der Waals surface area contributed by atoms with Gasteiger partial charge < -0.3 is 4.74 Å². The smallest absolute Gasteiger partial charge is 0.218 e. The lowest BCUT2D eigenvalue weighted by molar-refractivity contribution is 0.181. The number of ether oxygens (including phenoxy) is 1. The molecule has 3 rings (SSSR count). The molecular weight excluding hydrogens is 367 g/mol. The highest BCUT2D eigenvalue weighted by atomic mass is 32.2. The molecule has 1 aliphatic rings. The Labute approximate surface area is 160 Å². The van der Waals surface area contributed by atoms with Gasteiger partial charge in [-0.1, -0.05) is 24.3 Å². The largest absolute Gasteiger partial charge is 0.496 e. The minimum atomic E-state index is -3.39. The summed E-state index contributed by atoms with van der Waals surface area (Å²) in [7, 11) is -1.73. The van der Waals surface area contributed by atoms with Crippen LogP contribution in [0.1, 0.15) is 16.7 Å². The second kappa shape index (κ2) is 8.37. The first-order valence-electron chi connectivity index (χ1n) is 8.95. The maximum absolute atomic E-state index is 13.0. The number of methoxy groups -OCH3 is 1. The fourth-order valence-electron chi connectivity index (χ4n) is 3.35. The Kier molecular flexibility index (Phi) is 6.14. The molecule has 27 heavy (non-hydrogen) atoms. The molecule has 146 valence electrons. The van der Waals surface area contributed by atoms with Crippen LogP contribution in [0.3, 0.4) is 0 Å². The van der Waals surface area contributed by atoms with Crippen LogP contribution < -0.4 is 4.74 Å². The van der Waals surface area contributed by atoms with Crippen molar-refractivity contribution in [1.82, 2.24) is 9.21 Å². The normalized spacial score (nSPS) is 16.4. The van der Waals surface area contributed by atoms with Gasteiger partial charge in [0.15, 0.2) is 0 Å². The van der Waals surface area contributed by atoms with Gasteiger partial charge in [0.05, 0.1) is 12.9 Å². The average molecular weight is 392 g/mol. The predicted octanol–water partition coefficient (Wildman–Crippen LogP) is 2.79. The van der Waals surface area contributed by atoms with Crippen LogP contribution in [0.2, 0.25) is 0 Å². The van der Waals surface area contributed by atoms with E-state index in [1.54, 1.807) is 7.11 Å². The number of hydrogen-bond donors (Lipinski definition) is 0. The van der Waals surface area contributed by atoms with E-state index in [1.165, 1.54) is 34.1 Å². The molecule has 7 heteroatoms. The van der Waals surface area contributed by atoms with E-state index in [0.29, 0.717) is 31.7 Å². The van der Waals surface area contributed by atoms with Crippen molar-refractivity contribution in [2.45, 2.75) is 19.2 Å². The van der Waals surface area contributed by atoms with Gasteiger partial charge in [-0.15, -0.1) is 0 Å². The minimum absolute atomic E-state index is 0.0923. The van der Waals surface area contributed by atoms with Gasteiger partial charge in [0.1, 0.15) is 11.6 Å². The molecule has 0 aliphatic carbocycles. The Bertz CT molecular complexity index is 877. The monoisotopic (exact) mass is 392 g/mol. The summed E-state index contributed by atoms with van der Waals surface area (Å²) in [5.74, 6) is 0.416. The standard InChI is InChI=1S/C20H25FN2O3S/c1-16-13-18(5-8-20(16)26-2)14-22-9-11-23(12-10-22)27(24,25)15-17-3-6-19(21)7-4-17/h3-8,13H,9-12,14-15H2,1-2H3. The Balaban J connectivity index is 1.56. The van der Waals surface area contributed by atoms with Gasteiger partial charge in [0.2, 0.25) is 10.0 Å². The fourth-order valence-corrected chi connectivity index (χ4v) is 4.86. The number of rotatable bonds is 6. The second-order valence-corrected chi connectivity index (χ2v) is 8.83. The van der Waals surface area contributed by atoms with Crippen molar-refractivity contribution < 1.29 is 17.5 Å². The van der Waals surface area contributed by atoms with Crippen LogP contribution in [0.25, 0.3) is 0 Å². The van der Waals surface area contributed by atoms with Crippen molar-refractivity contribution in [3.05, 3.63) is 65.0 Å². The number of hydrogen-bond acceptors (Lipinski definition) is 4. The van der Waals surface area contributed by atoms with Crippen molar-refractivity contribution in [3.63, 3.8) is 0 Å². The van der Waals surface area contributed by atoms with E-state index < -0.39 is 10.0 Å². The van der Waals surface area contributed by atoms with Crippen LogP contribution >= 0.6 is 0 Å². The highest BCUT2D eigenvalue weighted by Gasteiger charge is 2.27. The number of benzene rings is 2. The van der Waals surface area contributed by atoms with Gasteiger partial charge >= 0.3 is 0 Å². The summed E-state index contributed by atoms with van der Waals surface area (Å²) in [6.07, 6.45) is 0. The van der Waals surface area contributed by atoms with Crippen molar-refractivity contribution >= 4 is 10.0 Å². The molecule has 1 fully saturated rings. The van der Waals surface area contributed by atoms with Crippen LogP contribution in [0.15, 0.2) is 42.5 Å². The SMILES string of the molecule is COc1ccc(CN2CCN(S(=O)(=O)Cc3ccc(F)cc3)CC2)cc1C. The van der Waals surface area contributed by atoms with Gasteiger partial charge in [-0.25, -0.2) is 12.8 Å². The Morgan fingerprint density at radius 1 is 1.00 bits per heavy atom. The van der Waals surface area contributed by atoms with Crippen LogP contribution in [0.4, 0.5) is 4.39 Å². The molecule has 0 atom stereocenters. The van der Waals surface area contributed by atoms with Crippen molar-refractivity contribution in [2.75, 3.05) is 33.3 Å². The Morgan fingerprint density at radius 3 is 2.22 bits per heavy atom. The summed E-state index contributed by atoms with van der Waals surface area (Å²) < 4.78 is 45.1. The van der Waals surface area contributed by atoms with Crippen molar-refractivity contribution in [2.24, 2.45) is 0 Å². The molecule has 2 aromatic rings. The molecule has 0 bridgehead atoms. The van der Waals surface area contributed by atoms with E-state index in [4.69, 9.17) is 4.74 Å². The third-order valence-electron chi connectivity index (χ3n) is 4.85. The van der Waals surface area contributed by atoms with Gasteiger partial charge in [-0.3, -0.25) is 4.90 Å². The second-order valence-electron chi connectivity index (χ2n) is 6.86. The van der Waals surface area contributed by atoms with E-state index in [9.17, 15) is 12.8 Å². The van der Waals surface area contributed by atoms with Gasteiger partial charge in [-0.2, -0.15) is 4.31 Å². The third kappa shape index (κ3) is 5.06. The van der Waals surface area contributed by atoms with E-state index >= 15 is 0 Å². The van der Waals surface area contributed by atoms with E-state index in [1.807, 2.05) is 19.1 Å². The summed E-state index contributed by atoms with van der Waals surface area (Å²) in [5, 5.41) is 0. The summed E-state index contributed by atoms with van der Waals surface area (Å²) in [4.78, 5) is 2.26. The molecule has 0 radical (unpaired) electrons. The molecule has 5 nitrogen and oxygen atoms in total. The number of aryl methyl sites for hydroxylation is 1. The zero-order valence-electron chi connectivity index (χ0n) is 15.7. The highest BCUT2D eigenvalue weighted by molar-refractivity contribution is 7.88. The van der Waals surface area contributed by atoms with E-state index in [-0.39, 0.29) is 11.6 Å². The van der Waals surface area contributed by atoms with Crippen LogP contribution in [0, 0.1) is 12.7 Å². The van der Waals surface area contributed by atoms with Gasteiger partial charge in [-0.05, 0) is 41.8 Å². The molecule has 0 spiro atoms. The fraction of sp³-hybridized carbons (Fsp3) is 0.400. The highest BCUT2D eigenvalue weighted by Crippen LogP contribution is 2.20. The molecule has 0 N–H and O–H groups in total. The molecule has 2 aromatic carbocycles. The van der Waals surface area contributed by atoms with Crippen molar-refractivity contribution in [3.8, 4) is 5.75 Å². The topological polar surface area (TPSA) is 49.9 Å². The predicted molar refractivity (Wildman–Crippen MR) is 104 cm³/mol. The number of sulfonamides is 1. The Morgan fingerprint density at radius 2 is 1.63 bits per heavy atom. The summed E-state index contributed by atoms with van der Waals surface area (Å²) in [6.45, 7) is 5.12. The Hall–Kier alpha value is -1.96. The molecular formula is C20H25FN2O3S. The quantitative estimate of drug-likeness (QED) is 0.759. The first-order valence-corrected chi connectivity index (χ1v) is 10.6. The van der Waals surface area contributed by atoms with Crippen LogP contribution in [0.5, 0.6) is 5.75 Å². The first kappa shape index (κ1) is 19.8. The zero-order chi connectivity index (χ0) is 19.4. The minimum Gasteiger partial charge on any atom is -0.496 e. The van der Waals surface area contributed by atoms with E-state index in [2.05, 4.69) is 11.0 Å². The molecule has 0 unspecified atom stereocenters. The lowest BCUT2D eigenvalue weighted by Crippen LogP contribution is -2.48. The number of piperazine rings is 1. The molecule has 1 heterocycles. The van der Waals surface area contributed by atoms with Crippen LogP contribution in [-0.2, 0) is 22.3 Å². The maximum Gasteiger partial charge on any atom is 0.218 e. The molecule has 0 saturated carbocycles. The summed E-state index contributed by atoms with van der Waals surface area (Å²) in [5.41, 5.74) is 2.89. The molecule has 0 aromatic heterocycles. The van der Waals surface area contributed by atoms with E-state index in [0.717, 1.165) is 17.9 Å². The summed E-state index contributed by atoms with van der Waals surface area (Å²) >= 11 is 0. The maximum atomic E-state index is 13.0. The average Bonchev–Trinajstić information content (AvgIpc) is 2.64. The summed E-state index contributed by atoms with van der Waals surface area (Å²) in [6, 6.07) is 11.7. The molecule has 1 saturated heterocycles.